The van der Waals surface area contributed by atoms with Gasteiger partial charge in [0.1, 0.15) is 11.6 Å². The fraction of sp³-hybridized carbons (Fsp3) is 0.231. The summed E-state index contributed by atoms with van der Waals surface area (Å²) in [5.41, 5.74) is 0.940. The van der Waals surface area contributed by atoms with Crippen molar-refractivity contribution in [2.24, 2.45) is 0 Å². The Balaban J connectivity index is 1.91. The van der Waals surface area contributed by atoms with E-state index in [1.807, 2.05) is 19.1 Å². The van der Waals surface area contributed by atoms with Gasteiger partial charge in [-0.3, -0.25) is 4.98 Å². The highest BCUT2D eigenvalue weighted by Crippen LogP contribution is 2.23. The average Bonchev–Trinajstić information content (AvgIpc) is 2.40. The summed E-state index contributed by atoms with van der Waals surface area (Å²) in [7, 11) is 0. The Morgan fingerprint density at radius 3 is 2.56 bits per heavy atom. The molecule has 4 nitrogen and oxygen atoms in total. The zero-order valence-corrected chi connectivity index (χ0v) is 10.9. The number of anilines is 1. The van der Waals surface area contributed by atoms with Crippen LogP contribution in [-0.2, 0) is 5.75 Å². The Labute approximate surface area is 110 Å². The smallest absolute Gasteiger partial charge is 0.144 e. The summed E-state index contributed by atoms with van der Waals surface area (Å²) in [6.45, 7) is 2.87. The summed E-state index contributed by atoms with van der Waals surface area (Å²) in [6.07, 6.45) is 3.53. The van der Waals surface area contributed by atoms with E-state index in [-0.39, 0.29) is 5.75 Å². The fourth-order valence-corrected chi connectivity index (χ4v) is 2.19. The first-order valence-corrected chi connectivity index (χ1v) is 6.73. The third-order valence-electron chi connectivity index (χ3n) is 2.29. The molecule has 18 heavy (non-hydrogen) atoms. The zero-order chi connectivity index (χ0) is 12.8. The van der Waals surface area contributed by atoms with Gasteiger partial charge in [0, 0.05) is 17.2 Å². The highest BCUT2D eigenvalue weighted by molar-refractivity contribution is 7.98. The highest BCUT2D eigenvalue weighted by atomic mass is 32.2. The normalized spacial score (nSPS) is 10.3. The van der Waals surface area contributed by atoms with E-state index < -0.39 is 0 Å². The van der Waals surface area contributed by atoms with Crippen molar-refractivity contribution >= 4 is 17.6 Å². The summed E-state index contributed by atoms with van der Waals surface area (Å²) >= 11 is 1.67. The number of hydrogen-bond acceptors (Lipinski definition) is 5. The molecule has 1 heterocycles. The van der Waals surface area contributed by atoms with Crippen molar-refractivity contribution in [3.05, 3.63) is 42.4 Å². The highest BCUT2D eigenvalue weighted by Gasteiger charge is 1.99. The number of aromatic hydroxyl groups is 1. The van der Waals surface area contributed by atoms with Crippen LogP contribution < -0.4 is 5.32 Å². The van der Waals surface area contributed by atoms with Gasteiger partial charge in [-0.2, -0.15) is 0 Å². The topological polar surface area (TPSA) is 58.0 Å². The van der Waals surface area contributed by atoms with Crippen molar-refractivity contribution in [3.8, 4) is 5.75 Å². The second-order valence-corrected chi connectivity index (χ2v) is 4.75. The predicted octanol–water partition coefficient (Wildman–Crippen LogP) is 2.91. The Bertz CT molecular complexity index is 485. The molecular formula is C13H15N3OS. The number of thioether (sulfide) groups is 1. The SMILES string of the molecule is CCNc1cnc(CSc2ccc(O)cc2)cn1. The lowest BCUT2D eigenvalue weighted by atomic mass is 10.3. The maximum absolute atomic E-state index is 9.18. The van der Waals surface area contributed by atoms with Crippen molar-refractivity contribution in [1.29, 1.82) is 0 Å². The number of phenolic OH excluding ortho intramolecular Hbond substituents is 1. The molecule has 2 N–H and O–H groups in total. The molecule has 0 saturated heterocycles. The monoisotopic (exact) mass is 261 g/mol. The summed E-state index contributed by atoms with van der Waals surface area (Å²) in [5, 5.41) is 12.3. The lowest BCUT2D eigenvalue weighted by Crippen LogP contribution is -2.00. The Morgan fingerprint density at radius 1 is 1.17 bits per heavy atom. The quantitative estimate of drug-likeness (QED) is 0.810. The predicted molar refractivity (Wildman–Crippen MR) is 73.9 cm³/mol. The molecule has 0 radical (unpaired) electrons. The Kier molecular flexibility index (Phi) is 4.41. The van der Waals surface area contributed by atoms with Gasteiger partial charge >= 0.3 is 0 Å². The molecule has 0 aliphatic rings. The summed E-state index contributed by atoms with van der Waals surface area (Å²) in [6, 6.07) is 7.14. The molecule has 1 aromatic heterocycles. The molecule has 94 valence electrons. The van der Waals surface area contributed by atoms with Crippen LogP contribution >= 0.6 is 11.8 Å². The van der Waals surface area contributed by atoms with E-state index in [0.29, 0.717) is 0 Å². The van der Waals surface area contributed by atoms with Gasteiger partial charge in [-0.15, -0.1) is 11.8 Å². The first-order valence-electron chi connectivity index (χ1n) is 5.74. The van der Waals surface area contributed by atoms with E-state index in [2.05, 4.69) is 15.3 Å². The van der Waals surface area contributed by atoms with Crippen molar-refractivity contribution in [2.75, 3.05) is 11.9 Å². The zero-order valence-electron chi connectivity index (χ0n) is 10.1. The molecule has 2 aromatic rings. The van der Waals surface area contributed by atoms with Gasteiger partial charge in [-0.05, 0) is 31.2 Å². The van der Waals surface area contributed by atoms with Crippen LogP contribution in [0, 0.1) is 0 Å². The molecule has 5 heteroatoms. The molecule has 1 aromatic carbocycles. The molecule has 0 spiro atoms. The van der Waals surface area contributed by atoms with Crippen LogP contribution in [0.5, 0.6) is 5.75 Å². The van der Waals surface area contributed by atoms with Gasteiger partial charge in [-0.25, -0.2) is 4.98 Å². The largest absolute Gasteiger partial charge is 0.508 e. The van der Waals surface area contributed by atoms with Crippen molar-refractivity contribution < 1.29 is 5.11 Å². The number of aromatic nitrogens is 2. The van der Waals surface area contributed by atoms with Crippen LogP contribution in [0.2, 0.25) is 0 Å². The molecule has 0 amide bonds. The molecule has 2 rings (SSSR count). The van der Waals surface area contributed by atoms with Crippen molar-refractivity contribution in [1.82, 2.24) is 9.97 Å². The number of nitrogens with zero attached hydrogens (tertiary/aromatic N) is 2. The second-order valence-electron chi connectivity index (χ2n) is 3.71. The summed E-state index contributed by atoms with van der Waals surface area (Å²) in [4.78, 5) is 9.70. The number of phenols is 1. The maximum Gasteiger partial charge on any atom is 0.144 e. The van der Waals surface area contributed by atoms with Gasteiger partial charge in [-0.1, -0.05) is 0 Å². The minimum absolute atomic E-state index is 0.286. The minimum Gasteiger partial charge on any atom is -0.508 e. The average molecular weight is 261 g/mol. The first-order chi connectivity index (χ1) is 8.78. The lowest BCUT2D eigenvalue weighted by Gasteiger charge is -2.04. The van der Waals surface area contributed by atoms with Gasteiger partial charge < -0.3 is 10.4 Å². The van der Waals surface area contributed by atoms with E-state index in [0.717, 1.165) is 28.7 Å². The molecule has 0 aliphatic heterocycles. The Hall–Kier alpha value is -1.75. The second kappa shape index (κ2) is 6.26. The first kappa shape index (κ1) is 12.7. The molecule has 0 bridgehead atoms. The van der Waals surface area contributed by atoms with Crippen molar-refractivity contribution in [2.45, 2.75) is 17.6 Å². The van der Waals surface area contributed by atoms with Gasteiger partial charge in [0.25, 0.3) is 0 Å². The van der Waals surface area contributed by atoms with E-state index >= 15 is 0 Å². The van der Waals surface area contributed by atoms with E-state index in [4.69, 9.17) is 0 Å². The third-order valence-corrected chi connectivity index (χ3v) is 3.33. The number of hydrogen-bond donors (Lipinski definition) is 2. The van der Waals surface area contributed by atoms with E-state index in [1.165, 1.54) is 0 Å². The third kappa shape index (κ3) is 3.63. The van der Waals surface area contributed by atoms with Crippen LogP contribution in [0.25, 0.3) is 0 Å². The standard InChI is InChI=1S/C13H15N3OS/c1-2-14-13-8-15-10(7-16-13)9-18-12-5-3-11(17)4-6-12/h3-8,17H,2,9H2,1H3,(H,14,16). The maximum atomic E-state index is 9.18. The van der Waals surface area contributed by atoms with Crippen LogP contribution in [-0.4, -0.2) is 21.6 Å². The van der Waals surface area contributed by atoms with Crippen molar-refractivity contribution in [3.63, 3.8) is 0 Å². The van der Waals surface area contributed by atoms with Crippen LogP contribution in [0.3, 0.4) is 0 Å². The molecule has 0 atom stereocenters. The number of benzene rings is 1. The van der Waals surface area contributed by atoms with E-state index in [1.54, 1.807) is 36.3 Å². The van der Waals surface area contributed by atoms with Gasteiger partial charge in [0.15, 0.2) is 0 Å². The number of rotatable bonds is 5. The number of nitrogens with one attached hydrogen (secondary N) is 1. The van der Waals surface area contributed by atoms with E-state index in [9.17, 15) is 5.11 Å². The lowest BCUT2D eigenvalue weighted by molar-refractivity contribution is 0.475. The van der Waals surface area contributed by atoms with Gasteiger partial charge in [0.05, 0.1) is 18.1 Å². The molecule has 0 fully saturated rings. The summed E-state index contributed by atoms with van der Waals surface area (Å²) < 4.78 is 0. The molecule has 0 unspecified atom stereocenters. The van der Waals surface area contributed by atoms with Crippen LogP contribution in [0.1, 0.15) is 12.6 Å². The molecule has 0 saturated carbocycles. The van der Waals surface area contributed by atoms with Gasteiger partial charge in [0.2, 0.25) is 0 Å². The van der Waals surface area contributed by atoms with Crippen LogP contribution in [0.15, 0.2) is 41.6 Å². The summed E-state index contributed by atoms with van der Waals surface area (Å²) in [5.74, 6) is 1.86. The van der Waals surface area contributed by atoms with Crippen LogP contribution in [0.4, 0.5) is 5.82 Å². The fourth-order valence-electron chi connectivity index (χ4n) is 1.40. The molecular weight excluding hydrogens is 246 g/mol. The Morgan fingerprint density at radius 2 is 1.94 bits per heavy atom. The molecule has 0 aliphatic carbocycles. The minimum atomic E-state index is 0.286.